The van der Waals surface area contributed by atoms with Crippen molar-refractivity contribution in [3.63, 3.8) is 0 Å². The zero-order chi connectivity index (χ0) is 9.54. The lowest BCUT2D eigenvalue weighted by molar-refractivity contribution is 0.364. The topological polar surface area (TPSA) is 4.93 Å². The molecule has 1 aliphatic carbocycles. The normalized spacial score (nSPS) is 15.8. The van der Waals surface area contributed by atoms with Crippen molar-refractivity contribution >= 4 is 10.9 Å². The molecule has 2 aromatic rings. The second kappa shape index (κ2) is 2.84. The smallest absolute Gasteiger partial charge is 0.0818 e. The van der Waals surface area contributed by atoms with Crippen LogP contribution in [0.3, 0.4) is 0 Å². The number of halogens is 1. The van der Waals surface area contributed by atoms with Crippen LogP contribution in [0.4, 0.5) is 4.48 Å². The van der Waals surface area contributed by atoms with Gasteiger partial charge in [-0.2, -0.15) is 4.79 Å². The Labute approximate surface area is 82.1 Å². The minimum Gasteiger partial charge on any atom is -0.183 e. The number of aryl methyl sites for hydroxylation is 1. The molecule has 1 aromatic carbocycles. The summed E-state index contributed by atoms with van der Waals surface area (Å²) in [6.07, 6.45) is 4.24. The monoisotopic (exact) mass is 189 g/mol. The standard InChI is InChI=1S/C12H12FN/c13-14-11-7-3-1-5-9(11)10-6-2-4-8-12(10)14/h1,3,5,7H,2,4,6,8H2. The highest BCUT2D eigenvalue weighted by molar-refractivity contribution is 5.85. The minimum absolute atomic E-state index is 0.736. The molecule has 1 aromatic heterocycles. The highest BCUT2D eigenvalue weighted by Crippen LogP contribution is 2.31. The third-order valence-corrected chi connectivity index (χ3v) is 3.12. The quantitative estimate of drug-likeness (QED) is 0.599. The van der Waals surface area contributed by atoms with E-state index in [9.17, 15) is 4.48 Å². The molecule has 1 heterocycles. The van der Waals surface area contributed by atoms with E-state index in [2.05, 4.69) is 0 Å². The summed E-state index contributed by atoms with van der Waals surface area (Å²) in [5.74, 6) is 0. The number of para-hydroxylation sites is 1. The first kappa shape index (κ1) is 8.04. The van der Waals surface area contributed by atoms with Gasteiger partial charge in [0.2, 0.25) is 0 Å². The van der Waals surface area contributed by atoms with E-state index in [4.69, 9.17) is 0 Å². The molecule has 0 bridgehead atoms. The van der Waals surface area contributed by atoms with Gasteiger partial charge in [-0.1, -0.05) is 22.7 Å². The Morgan fingerprint density at radius 1 is 1.07 bits per heavy atom. The van der Waals surface area contributed by atoms with Gasteiger partial charge >= 0.3 is 0 Å². The Balaban J connectivity index is 2.41. The van der Waals surface area contributed by atoms with Crippen LogP contribution in [0, 0.1) is 0 Å². The van der Waals surface area contributed by atoms with Gasteiger partial charge in [-0.25, -0.2) is 0 Å². The van der Waals surface area contributed by atoms with Crippen molar-refractivity contribution in [3.05, 3.63) is 35.5 Å². The second-order valence-corrected chi connectivity index (χ2v) is 3.93. The molecule has 1 aliphatic rings. The SMILES string of the molecule is Fn1c2c(c3ccccc31)CCCC2. The van der Waals surface area contributed by atoms with Gasteiger partial charge in [-0.05, 0) is 37.3 Å². The Kier molecular flexibility index (Phi) is 1.63. The summed E-state index contributed by atoms with van der Waals surface area (Å²) >= 11 is 0. The molecule has 0 saturated carbocycles. The zero-order valence-electron chi connectivity index (χ0n) is 7.96. The molecule has 72 valence electrons. The first-order chi connectivity index (χ1) is 6.88. The Morgan fingerprint density at radius 2 is 1.86 bits per heavy atom. The summed E-state index contributed by atoms with van der Waals surface area (Å²) in [7, 11) is 0. The third-order valence-electron chi connectivity index (χ3n) is 3.12. The van der Waals surface area contributed by atoms with E-state index in [1.807, 2.05) is 24.3 Å². The Morgan fingerprint density at radius 3 is 2.79 bits per heavy atom. The van der Waals surface area contributed by atoms with E-state index in [0.717, 1.165) is 40.6 Å². The van der Waals surface area contributed by atoms with Crippen molar-refractivity contribution in [1.29, 1.82) is 0 Å². The first-order valence-electron chi connectivity index (χ1n) is 5.15. The molecule has 0 amide bonds. The van der Waals surface area contributed by atoms with Gasteiger partial charge in [0.05, 0.1) is 11.2 Å². The van der Waals surface area contributed by atoms with Gasteiger partial charge in [-0.3, -0.25) is 0 Å². The molecule has 0 N–H and O–H groups in total. The van der Waals surface area contributed by atoms with Gasteiger partial charge in [-0.15, -0.1) is 0 Å². The van der Waals surface area contributed by atoms with Crippen molar-refractivity contribution in [3.8, 4) is 0 Å². The summed E-state index contributed by atoms with van der Waals surface area (Å²) < 4.78 is 13.8. The van der Waals surface area contributed by atoms with Crippen LogP contribution in [0.1, 0.15) is 24.1 Å². The molecule has 0 spiro atoms. The van der Waals surface area contributed by atoms with Crippen molar-refractivity contribution in [2.45, 2.75) is 25.7 Å². The highest BCUT2D eigenvalue weighted by atomic mass is 19.2. The fourth-order valence-corrected chi connectivity index (χ4v) is 2.44. The average Bonchev–Trinajstić information content (AvgIpc) is 2.55. The molecule has 1 nitrogen and oxygen atoms in total. The molecule has 0 fully saturated rings. The lowest BCUT2D eigenvalue weighted by Crippen LogP contribution is -2.03. The van der Waals surface area contributed by atoms with Crippen LogP contribution < -0.4 is 0 Å². The van der Waals surface area contributed by atoms with E-state index in [0.29, 0.717) is 0 Å². The van der Waals surface area contributed by atoms with Crippen molar-refractivity contribution in [2.24, 2.45) is 0 Å². The van der Waals surface area contributed by atoms with Crippen LogP contribution in [0.5, 0.6) is 0 Å². The van der Waals surface area contributed by atoms with Crippen molar-refractivity contribution in [1.82, 2.24) is 4.79 Å². The van der Waals surface area contributed by atoms with Crippen molar-refractivity contribution < 1.29 is 4.48 Å². The summed E-state index contributed by atoms with van der Waals surface area (Å²) in [5, 5.41) is 1.10. The van der Waals surface area contributed by atoms with Gasteiger partial charge in [0.25, 0.3) is 0 Å². The molecule has 2 heteroatoms. The number of benzene rings is 1. The van der Waals surface area contributed by atoms with Gasteiger partial charge in [0.1, 0.15) is 0 Å². The fourth-order valence-electron chi connectivity index (χ4n) is 2.44. The number of nitrogens with zero attached hydrogens (tertiary/aromatic N) is 1. The molecular formula is C12H12FN. The van der Waals surface area contributed by atoms with E-state index >= 15 is 0 Å². The molecular weight excluding hydrogens is 177 g/mol. The summed E-state index contributed by atoms with van der Waals surface area (Å²) in [6, 6.07) is 7.75. The van der Waals surface area contributed by atoms with E-state index in [-0.39, 0.29) is 0 Å². The van der Waals surface area contributed by atoms with Crippen LogP contribution in [-0.4, -0.2) is 4.79 Å². The number of aromatic nitrogens is 1. The largest absolute Gasteiger partial charge is 0.183 e. The highest BCUT2D eigenvalue weighted by Gasteiger charge is 2.19. The number of hydrogen-bond donors (Lipinski definition) is 0. The maximum absolute atomic E-state index is 13.8. The predicted molar refractivity (Wildman–Crippen MR) is 55.1 cm³/mol. The first-order valence-corrected chi connectivity index (χ1v) is 5.15. The van der Waals surface area contributed by atoms with Crippen LogP contribution in [0.2, 0.25) is 0 Å². The van der Waals surface area contributed by atoms with Gasteiger partial charge < -0.3 is 0 Å². The maximum atomic E-state index is 13.8. The molecule has 0 atom stereocenters. The van der Waals surface area contributed by atoms with Gasteiger partial charge in [0.15, 0.2) is 0 Å². The lowest BCUT2D eigenvalue weighted by atomic mass is 9.96. The Bertz CT molecular complexity index is 484. The Hall–Kier alpha value is -1.31. The summed E-state index contributed by atoms with van der Waals surface area (Å²) in [6.45, 7) is 0. The second-order valence-electron chi connectivity index (χ2n) is 3.93. The number of rotatable bonds is 0. The summed E-state index contributed by atoms with van der Waals surface area (Å²) in [4.78, 5) is 0.879. The molecule has 0 unspecified atom stereocenters. The predicted octanol–water partition coefficient (Wildman–Crippen LogP) is 3.25. The van der Waals surface area contributed by atoms with E-state index < -0.39 is 0 Å². The van der Waals surface area contributed by atoms with E-state index in [1.165, 1.54) is 12.0 Å². The molecule has 0 aliphatic heterocycles. The van der Waals surface area contributed by atoms with Crippen molar-refractivity contribution in [2.75, 3.05) is 0 Å². The van der Waals surface area contributed by atoms with E-state index in [1.54, 1.807) is 0 Å². The molecule has 3 rings (SSSR count). The van der Waals surface area contributed by atoms with Crippen LogP contribution in [0.25, 0.3) is 10.9 Å². The van der Waals surface area contributed by atoms with Gasteiger partial charge in [0, 0.05) is 5.39 Å². The molecule has 14 heavy (non-hydrogen) atoms. The lowest BCUT2D eigenvalue weighted by Gasteiger charge is -2.10. The molecule has 0 saturated heterocycles. The zero-order valence-corrected chi connectivity index (χ0v) is 7.96. The van der Waals surface area contributed by atoms with Crippen LogP contribution >= 0.6 is 0 Å². The third kappa shape index (κ3) is 0.939. The molecule has 0 radical (unpaired) electrons. The maximum Gasteiger partial charge on any atom is 0.0818 e. The summed E-state index contributed by atoms with van der Waals surface area (Å²) in [5.41, 5.74) is 2.87. The van der Waals surface area contributed by atoms with Crippen LogP contribution in [-0.2, 0) is 12.8 Å². The number of fused-ring (bicyclic) bond motifs is 3. The fraction of sp³-hybridized carbons (Fsp3) is 0.333. The average molecular weight is 189 g/mol. The number of hydrogen-bond acceptors (Lipinski definition) is 0. The minimum atomic E-state index is 0.736. The van der Waals surface area contributed by atoms with Crippen LogP contribution in [0.15, 0.2) is 24.3 Å².